The molecule has 0 aliphatic heterocycles. The summed E-state index contributed by atoms with van der Waals surface area (Å²) in [7, 11) is 0. The maximum Gasteiger partial charge on any atom is 0.316 e. The Labute approximate surface area is 110 Å². The van der Waals surface area contributed by atoms with Crippen molar-refractivity contribution in [3.63, 3.8) is 0 Å². The van der Waals surface area contributed by atoms with Gasteiger partial charge in [-0.25, -0.2) is 0 Å². The van der Waals surface area contributed by atoms with Crippen LogP contribution in [-0.4, -0.2) is 18.5 Å². The molecule has 19 heavy (non-hydrogen) atoms. The Balaban J connectivity index is 2.12. The lowest BCUT2D eigenvalue weighted by molar-refractivity contribution is -0.159. The van der Waals surface area contributed by atoms with E-state index in [2.05, 4.69) is 0 Å². The molecule has 0 amide bonds. The molecular formula is C15H13O4. The maximum absolute atomic E-state index is 11.1. The summed E-state index contributed by atoms with van der Waals surface area (Å²) >= 11 is 0. The van der Waals surface area contributed by atoms with Crippen LogP contribution in [0.5, 0.6) is 5.75 Å². The normalized spacial score (nSPS) is 11.8. The van der Waals surface area contributed by atoms with Gasteiger partial charge in [-0.15, -0.1) is 0 Å². The van der Waals surface area contributed by atoms with Crippen molar-refractivity contribution in [1.82, 2.24) is 0 Å². The third-order valence-corrected chi connectivity index (χ3v) is 2.56. The first kappa shape index (κ1) is 13.1. The Morgan fingerprint density at radius 3 is 2.74 bits per heavy atom. The monoisotopic (exact) mass is 257 g/mol. The number of ether oxygens (including phenoxy) is 2. The van der Waals surface area contributed by atoms with Crippen molar-refractivity contribution in [1.29, 1.82) is 0 Å². The van der Waals surface area contributed by atoms with E-state index < -0.39 is 12.3 Å². The van der Waals surface area contributed by atoms with Crippen LogP contribution >= 0.6 is 0 Å². The number of benzene rings is 2. The van der Waals surface area contributed by atoms with Gasteiger partial charge in [0.15, 0.2) is 0 Å². The summed E-state index contributed by atoms with van der Waals surface area (Å²) in [5.74, 6) is -0.0174. The van der Waals surface area contributed by atoms with E-state index >= 15 is 0 Å². The van der Waals surface area contributed by atoms with Gasteiger partial charge < -0.3 is 9.47 Å². The Kier molecular flexibility index (Phi) is 4.13. The molecule has 2 aromatic rings. The molecule has 0 N–H and O–H groups in total. The van der Waals surface area contributed by atoms with E-state index in [1.807, 2.05) is 36.4 Å². The molecule has 0 spiro atoms. The number of rotatable bonds is 5. The SMILES string of the molecule is CC(OC(=O)C[C]=O)Oc1cccc2ccccc12. The van der Waals surface area contributed by atoms with E-state index in [0.29, 0.717) is 5.75 Å². The zero-order chi connectivity index (χ0) is 13.7. The van der Waals surface area contributed by atoms with Gasteiger partial charge in [-0.2, -0.15) is 0 Å². The molecule has 0 aliphatic rings. The van der Waals surface area contributed by atoms with Gasteiger partial charge in [-0.05, 0) is 11.5 Å². The average molecular weight is 257 g/mol. The number of hydrogen-bond donors (Lipinski definition) is 0. The molecule has 0 aromatic heterocycles. The van der Waals surface area contributed by atoms with Crippen LogP contribution in [0.15, 0.2) is 42.5 Å². The van der Waals surface area contributed by atoms with Crippen molar-refractivity contribution in [3.05, 3.63) is 42.5 Å². The fourth-order valence-electron chi connectivity index (χ4n) is 1.79. The lowest BCUT2D eigenvalue weighted by Gasteiger charge is -2.16. The zero-order valence-electron chi connectivity index (χ0n) is 10.5. The van der Waals surface area contributed by atoms with E-state index in [4.69, 9.17) is 9.47 Å². The topological polar surface area (TPSA) is 52.6 Å². The molecular weight excluding hydrogens is 244 g/mol. The highest BCUT2D eigenvalue weighted by molar-refractivity contribution is 5.88. The van der Waals surface area contributed by atoms with Gasteiger partial charge in [0.2, 0.25) is 12.6 Å². The van der Waals surface area contributed by atoms with E-state index in [1.165, 1.54) is 6.29 Å². The zero-order valence-corrected chi connectivity index (χ0v) is 10.5. The van der Waals surface area contributed by atoms with Gasteiger partial charge in [0.1, 0.15) is 12.2 Å². The molecule has 4 nitrogen and oxygen atoms in total. The second kappa shape index (κ2) is 6.00. The first-order chi connectivity index (χ1) is 9.20. The Bertz CT molecular complexity index is 586. The van der Waals surface area contributed by atoms with Crippen LogP contribution in [0.2, 0.25) is 0 Å². The van der Waals surface area contributed by atoms with E-state index in [-0.39, 0.29) is 6.42 Å². The van der Waals surface area contributed by atoms with Crippen LogP contribution in [-0.2, 0) is 14.3 Å². The minimum atomic E-state index is -0.758. The van der Waals surface area contributed by atoms with Gasteiger partial charge in [0.05, 0.1) is 0 Å². The number of carbonyl (C=O) groups is 1. The highest BCUT2D eigenvalue weighted by Gasteiger charge is 2.11. The van der Waals surface area contributed by atoms with Crippen LogP contribution in [0.4, 0.5) is 0 Å². The lowest BCUT2D eigenvalue weighted by atomic mass is 10.1. The highest BCUT2D eigenvalue weighted by atomic mass is 16.7. The first-order valence-electron chi connectivity index (χ1n) is 5.89. The predicted octanol–water partition coefficient (Wildman–Crippen LogP) is 2.61. The second-order valence-corrected chi connectivity index (χ2v) is 3.97. The summed E-state index contributed by atoms with van der Waals surface area (Å²) in [5, 5.41) is 1.98. The fraction of sp³-hybridized carbons (Fsp3) is 0.200. The molecule has 2 rings (SSSR count). The van der Waals surface area contributed by atoms with E-state index in [1.54, 1.807) is 13.0 Å². The van der Waals surface area contributed by atoms with Gasteiger partial charge >= 0.3 is 5.97 Å². The number of hydrogen-bond acceptors (Lipinski definition) is 4. The highest BCUT2D eigenvalue weighted by Crippen LogP contribution is 2.26. The van der Waals surface area contributed by atoms with Crippen molar-refractivity contribution in [2.75, 3.05) is 0 Å². The average Bonchev–Trinajstić information content (AvgIpc) is 2.39. The number of carbonyl (C=O) groups excluding carboxylic acids is 2. The predicted molar refractivity (Wildman–Crippen MR) is 70.4 cm³/mol. The molecule has 1 radical (unpaired) electrons. The second-order valence-electron chi connectivity index (χ2n) is 3.97. The van der Waals surface area contributed by atoms with Crippen molar-refractivity contribution < 1.29 is 19.1 Å². The molecule has 4 heteroatoms. The summed E-state index contributed by atoms with van der Waals surface area (Å²) in [6, 6.07) is 13.4. The largest absolute Gasteiger partial charge is 0.454 e. The molecule has 0 saturated heterocycles. The van der Waals surface area contributed by atoms with E-state index in [9.17, 15) is 9.59 Å². The lowest BCUT2D eigenvalue weighted by Crippen LogP contribution is -2.21. The van der Waals surface area contributed by atoms with Crippen LogP contribution in [0.1, 0.15) is 13.3 Å². The fourth-order valence-corrected chi connectivity index (χ4v) is 1.79. The van der Waals surface area contributed by atoms with Crippen molar-refractivity contribution >= 4 is 23.0 Å². The first-order valence-corrected chi connectivity index (χ1v) is 5.89. The third-order valence-electron chi connectivity index (χ3n) is 2.56. The summed E-state index contributed by atoms with van der Waals surface area (Å²) in [4.78, 5) is 21.2. The molecule has 0 heterocycles. The third kappa shape index (κ3) is 3.31. The van der Waals surface area contributed by atoms with Crippen molar-refractivity contribution in [2.45, 2.75) is 19.6 Å². The minimum Gasteiger partial charge on any atom is -0.454 e. The van der Waals surface area contributed by atoms with Crippen LogP contribution in [0.25, 0.3) is 10.8 Å². The van der Waals surface area contributed by atoms with Crippen molar-refractivity contribution in [2.24, 2.45) is 0 Å². The maximum atomic E-state index is 11.1. The molecule has 1 unspecified atom stereocenters. The van der Waals surface area contributed by atoms with Gasteiger partial charge in [-0.1, -0.05) is 36.4 Å². The summed E-state index contributed by atoms with van der Waals surface area (Å²) < 4.78 is 10.5. The Hall–Kier alpha value is -2.36. The molecule has 0 fully saturated rings. The molecule has 1 atom stereocenters. The Morgan fingerprint density at radius 1 is 1.21 bits per heavy atom. The number of fused-ring (bicyclic) bond motifs is 1. The van der Waals surface area contributed by atoms with Gasteiger partial charge in [0, 0.05) is 12.3 Å². The molecule has 97 valence electrons. The Morgan fingerprint density at radius 2 is 1.95 bits per heavy atom. The van der Waals surface area contributed by atoms with Gasteiger partial charge in [-0.3, -0.25) is 9.59 Å². The van der Waals surface area contributed by atoms with Crippen LogP contribution in [0.3, 0.4) is 0 Å². The minimum absolute atomic E-state index is 0.386. The standard InChI is InChI=1S/C15H13O4/c1-11(19-15(17)9-10-16)18-14-8-4-6-12-5-2-3-7-13(12)14/h2-8,11H,9H2,1H3. The smallest absolute Gasteiger partial charge is 0.316 e. The molecule has 0 bridgehead atoms. The van der Waals surface area contributed by atoms with Crippen LogP contribution in [0, 0.1) is 0 Å². The summed E-state index contributed by atoms with van der Waals surface area (Å²) in [5.41, 5.74) is 0. The van der Waals surface area contributed by atoms with E-state index in [0.717, 1.165) is 10.8 Å². The van der Waals surface area contributed by atoms with Crippen LogP contribution < -0.4 is 4.74 Å². The quantitative estimate of drug-likeness (QED) is 0.469. The molecule has 0 aliphatic carbocycles. The molecule has 2 aromatic carbocycles. The summed E-state index contributed by atoms with van der Waals surface area (Å²) in [6.45, 7) is 1.60. The molecule has 0 saturated carbocycles. The van der Waals surface area contributed by atoms with Crippen molar-refractivity contribution in [3.8, 4) is 5.75 Å². The summed E-state index contributed by atoms with van der Waals surface area (Å²) in [6.07, 6.45) is 0.343. The van der Waals surface area contributed by atoms with Gasteiger partial charge in [0.25, 0.3) is 0 Å². The number of esters is 1.